The lowest BCUT2D eigenvalue weighted by Gasteiger charge is -2.16. The maximum Gasteiger partial charge on any atom is 0.348 e. The Morgan fingerprint density at radius 1 is 1.44 bits per heavy atom. The van der Waals surface area contributed by atoms with Crippen LogP contribution in [-0.2, 0) is 0 Å². The van der Waals surface area contributed by atoms with Gasteiger partial charge in [-0.15, -0.1) is 0 Å². The van der Waals surface area contributed by atoms with Crippen LogP contribution >= 0.6 is 0 Å². The summed E-state index contributed by atoms with van der Waals surface area (Å²) >= 11 is 0. The number of fused-ring (bicyclic) bond motifs is 2. The third kappa shape index (κ3) is 1.48. The smallest absolute Gasteiger partial charge is 0.348 e. The fraction of sp³-hybridized carbons (Fsp3) is 0.0769. The SMILES string of the molecule is C=c1[nH]c(=O)nc2c1=Cc1cccc(OC)c1O2. The zero-order chi connectivity index (χ0) is 12.7. The summed E-state index contributed by atoms with van der Waals surface area (Å²) < 4.78 is 10.8. The third-order valence-electron chi connectivity index (χ3n) is 2.74. The minimum absolute atomic E-state index is 0.251. The quantitative estimate of drug-likeness (QED) is 0.658. The van der Waals surface area contributed by atoms with Gasteiger partial charge in [0.05, 0.1) is 12.3 Å². The van der Waals surface area contributed by atoms with Crippen molar-refractivity contribution in [2.75, 3.05) is 7.11 Å². The molecule has 0 saturated heterocycles. The van der Waals surface area contributed by atoms with Crippen molar-refractivity contribution < 1.29 is 9.47 Å². The molecule has 18 heavy (non-hydrogen) atoms. The monoisotopic (exact) mass is 242 g/mol. The maximum atomic E-state index is 11.3. The largest absolute Gasteiger partial charge is 0.493 e. The molecule has 1 aliphatic rings. The standard InChI is InChI=1S/C13H10N2O3/c1-7-9-6-8-4-3-5-10(17-2)11(8)18-12(9)15-13(16)14-7/h3-6H,1H2,2H3,(H,14,16). The van der Waals surface area contributed by atoms with E-state index in [4.69, 9.17) is 9.47 Å². The molecule has 0 aliphatic carbocycles. The van der Waals surface area contributed by atoms with E-state index in [1.54, 1.807) is 13.2 Å². The number of nitrogens with one attached hydrogen (secondary N) is 1. The highest BCUT2D eigenvalue weighted by molar-refractivity contribution is 5.66. The van der Waals surface area contributed by atoms with E-state index in [-0.39, 0.29) is 5.88 Å². The average molecular weight is 242 g/mol. The number of ether oxygens (including phenoxy) is 2. The molecule has 1 aromatic heterocycles. The van der Waals surface area contributed by atoms with E-state index in [0.29, 0.717) is 22.1 Å². The molecule has 0 radical (unpaired) electrons. The number of aromatic amines is 1. The summed E-state index contributed by atoms with van der Waals surface area (Å²) in [6.45, 7) is 3.77. The Labute approximate surface area is 102 Å². The first-order valence-corrected chi connectivity index (χ1v) is 5.35. The van der Waals surface area contributed by atoms with Crippen molar-refractivity contribution in [3.05, 3.63) is 44.8 Å². The Hall–Kier alpha value is -2.56. The van der Waals surface area contributed by atoms with Gasteiger partial charge in [0, 0.05) is 10.9 Å². The van der Waals surface area contributed by atoms with Gasteiger partial charge < -0.3 is 14.5 Å². The van der Waals surface area contributed by atoms with Crippen LogP contribution in [0.4, 0.5) is 0 Å². The molecule has 0 amide bonds. The Morgan fingerprint density at radius 3 is 3.06 bits per heavy atom. The summed E-state index contributed by atoms with van der Waals surface area (Å²) in [7, 11) is 1.56. The van der Waals surface area contributed by atoms with Gasteiger partial charge in [-0.3, -0.25) is 0 Å². The van der Waals surface area contributed by atoms with E-state index in [0.717, 1.165) is 5.56 Å². The zero-order valence-corrected chi connectivity index (χ0v) is 9.69. The van der Waals surface area contributed by atoms with Crippen molar-refractivity contribution in [3.8, 4) is 17.4 Å². The maximum absolute atomic E-state index is 11.3. The zero-order valence-electron chi connectivity index (χ0n) is 9.69. The first kappa shape index (κ1) is 10.6. The van der Waals surface area contributed by atoms with Crippen molar-refractivity contribution in [3.63, 3.8) is 0 Å². The minimum Gasteiger partial charge on any atom is -0.493 e. The van der Waals surface area contributed by atoms with Crippen LogP contribution in [0.25, 0.3) is 12.7 Å². The first-order valence-electron chi connectivity index (χ1n) is 5.35. The highest BCUT2D eigenvalue weighted by Gasteiger charge is 2.17. The Balaban J connectivity index is 2.37. The van der Waals surface area contributed by atoms with Gasteiger partial charge in [0.2, 0.25) is 5.88 Å². The molecular weight excluding hydrogens is 232 g/mol. The van der Waals surface area contributed by atoms with Crippen molar-refractivity contribution >= 4 is 12.7 Å². The molecule has 1 N–H and O–H groups in total. The van der Waals surface area contributed by atoms with Crippen LogP contribution in [0.15, 0.2) is 23.0 Å². The molecule has 0 unspecified atom stereocenters. The number of benzene rings is 1. The van der Waals surface area contributed by atoms with Crippen molar-refractivity contribution in [2.45, 2.75) is 0 Å². The van der Waals surface area contributed by atoms with Gasteiger partial charge in [-0.2, -0.15) is 4.98 Å². The summed E-state index contributed by atoms with van der Waals surface area (Å²) in [4.78, 5) is 17.6. The highest BCUT2D eigenvalue weighted by atomic mass is 16.5. The molecule has 3 rings (SSSR count). The Morgan fingerprint density at radius 2 is 2.28 bits per heavy atom. The second kappa shape index (κ2) is 3.73. The molecule has 1 aromatic carbocycles. The summed E-state index contributed by atoms with van der Waals surface area (Å²) in [6, 6.07) is 5.55. The lowest BCUT2D eigenvalue weighted by molar-refractivity contribution is 0.369. The van der Waals surface area contributed by atoms with Crippen molar-refractivity contribution in [2.24, 2.45) is 0 Å². The summed E-state index contributed by atoms with van der Waals surface area (Å²) in [5.74, 6) is 1.41. The van der Waals surface area contributed by atoms with Gasteiger partial charge in [0.1, 0.15) is 0 Å². The van der Waals surface area contributed by atoms with E-state index in [1.807, 2.05) is 18.2 Å². The van der Waals surface area contributed by atoms with Crippen LogP contribution in [0.5, 0.6) is 17.4 Å². The number of nitrogens with zero attached hydrogens (tertiary/aromatic N) is 1. The van der Waals surface area contributed by atoms with Gasteiger partial charge in [0.15, 0.2) is 11.5 Å². The van der Waals surface area contributed by atoms with Gasteiger partial charge in [-0.25, -0.2) is 4.79 Å². The van der Waals surface area contributed by atoms with Gasteiger partial charge >= 0.3 is 5.69 Å². The fourth-order valence-corrected chi connectivity index (χ4v) is 1.90. The number of aromatic nitrogens is 2. The van der Waals surface area contributed by atoms with Crippen LogP contribution < -0.4 is 25.7 Å². The number of para-hydroxylation sites is 1. The van der Waals surface area contributed by atoms with Gasteiger partial charge in [-0.1, -0.05) is 18.7 Å². The van der Waals surface area contributed by atoms with Crippen LogP contribution in [0.2, 0.25) is 0 Å². The minimum atomic E-state index is -0.481. The van der Waals surface area contributed by atoms with E-state index in [9.17, 15) is 4.79 Å². The number of rotatable bonds is 1. The lowest BCUT2D eigenvalue weighted by Crippen LogP contribution is -2.37. The second-order valence-corrected chi connectivity index (χ2v) is 3.86. The van der Waals surface area contributed by atoms with Crippen LogP contribution in [-0.4, -0.2) is 17.1 Å². The van der Waals surface area contributed by atoms with E-state index < -0.39 is 5.69 Å². The van der Waals surface area contributed by atoms with E-state index >= 15 is 0 Å². The predicted octanol–water partition coefficient (Wildman–Crippen LogP) is 0.123. The van der Waals surface area contributed by atoms with Crippen LogP contribution in [0.3, 0.4) is 0 Å². The molecular formula is C13H10N2O3. The fourth-order valence-electron chi connectivity index (χ4n) is 1.90. The molecule has 90 valence electrons. The van der Waals surface area contributed by atoms with E-state index in [1.165, 1.54) is 0 Å². The Bertz CT molecular complexity index is 793. The molecule has 0 atom stereocenters. The summed E-state index contributed by atoms with van der Waals surface area (Å²) in [5.41, 5.74) is 0.381. The van der Waals surface area contributed by atoms with Crippen molar-refractivity contribution in [1.82, 2.24) is 9.97 Å². The third-order valence-corrected chi connectivity index (χ3v) is 2.74. The van der Waals surface area contributed by atoms with E-state index in [2.05, 4.69) is 16.5 Å². The van der Waals surface area contributed by atoms with Gasteiger partial charge in [0.25, 0.3) is 0 Å². The van der Waals surface area contributed by atoms with Crippen LogP contribution in [0, 0.1) is 0 Å². The average Bonchev–Trinajstić information content (AvgIpc) is 2.36. The molecule has 5 heteroatoms. The van der Waals surface area contributed by atoms with Crippen molar-refractivity contribution in [1.29, 1.82) is 0 Å². The molecule has 2 heterocycles. The predicted molar refractivity (Wildman–Crippen MR) is 66.3 cm³/mol. The molecule has 1 aliphatic heterocycles. The summed E-state index contributed by atoms with van der Waals surface area (Å²) in [6.07, 6.45) is 1.86. The van der Waals surface area contributed by atoms with Gasteiger partial charge in [-0.05, 0) is 12.1 Å². The molecule has 0 spiro atoms. The molecule has 0 fully saturated rings. The Kier molecular flexibility index (Phi) is 2.19. The topological polar surface area (TPSA) is 64.2 Å². The molecule has 0 saturated carbocycles. The molecule has 0 bridgehead atoms. The number of H-pyrrole nitrogens is 1. The number of methoxy groups -OCH3 is 1. The number of hydrogen-bond donors (Lipinski definition) is 1. The molecule has 5 nitrogen and oxygen atoms in total. The highest BCUT2D eigenvalue weighted by Crippen LogP contribution is 2.35. The number of hydrogen-bond acceptors (Lipinski definition) is 4. The first-order chi connectivity index (χ1) is 8.69. The lowest BCUT2D eigenvalue weighted by atomic mass is 10.1. The second-order valence-electron chi connectivity index (χ2n) is 3.86. The summed E-state index contributed by atoms with van der Waals surface area (Å²) in [5, 5.41) is 1.16. The van der Waals surface area contributed by atoms with Crippen LogP contribution in [0.1, 0.15) is 5.56 Å². The normalized spacial score (nSPS) is 11.8. The molecule has 2 aromatic rings.